The van der Waals surface area contributed by atoms with E-state index >= 15 is 0 Å². The van der Waals surface area contributed by atoms with Crippen LogP contribution in [0.4, 0.5) is 5.69 Å². The third-order valence-electron chi connectivity index (χ3n) is 3.45. The van der Waals surface area contributed by atoms with E-state index in [4.69, 9.17) is 10.5 Å². The zero-order valence-corrected chi connectivity index (χ0v) is 10.3. The van der Waals surface area contributed by atoms with E-state index in [0.29, 0.717) is 17.7 Å². The molecular formula is C14H17N3O. The molecule has 4 nitrogen and oxygen atoms in total. The molecule has 0 radical (unpaired) electrons. The Morgan fingerprint density at radius 2 is 1.94 bits per heavy atom. The number of aromatic nitrogens is 2. The van der Waals surface area contributed by atoms with Gasteiger partial charge in [0.2, 0.25) is 5.88 Å². The normalized spacial score (nSPS) is 16.9. The van der Waals surface area contributed by atoms with E-state index in [1.54, 1.807) is 6.33 Å². The highest BCUT2D eigenvalue weighted by atomic mass is 16.5. The molecule has 0 aliphatic heterocycles. The summed E-state index contributed by atoms with van der Waals surface area (Å²) in [6.07, 6.45) is 7.89. The first kappa shape index (κ1) is 11.3. The molecule has 0 amide bonds. The summed E-state index contributed by atoms with van der Waals surface area (Å²) >= 11 is 0. The number of hydrogen-bond donors (Lipinski definition) is 1. The van der Waals surface area contributed by atoms with Gasteiger partial charge in [-0.15, -0.1) is 0 Å². The second-order valence-electron chi connectivity index (χ2n) is 4.83. The Balaban J connectivity index is 1.92. The molecule has 0 atom stereocenters. The smallest absolute Gasteiger partial charge is 0.224 e. The molecule has 0 spiro atoms. The maximum atomic E-state index is 6.02. The summed E-state index contributed by atoms with van der Waals surface area (Å²) in [6.45, 7) is 0. The topological polar surface area (TPSA) is 61.0 Å². The van der Waals surface area contributed by atoms with E-state index in [0.717, 1.165) is 23.7 Å². The maximum absolute atomic E-state index is 6.02. The zero-order valence-electron chi connectivity index (χ0n) is 10.3. The Bertz CT molecular complexity index is 550. The first-order valence-corrected chi connectivity index (χ1v) is 6.50. The molecule has 1 saturated carbocycles. The van der Waals surface area contributed by atoms with Crippen LogP contribution in [0.25, 0.3) is 10.9 Å². The molecule has 0 unspecified atom stereocenters. The van der Waals surface area contributed by atoms with Crippen LogP contribution in [0, 0.1) is 0 Å². The Labute approximate surface area is 106 Å². The third kappa shape index (κ3) is 2.23. The van der Waals surface area contributed by atoms with Crippen LogP contribution in [0.3, 0.4) is 0 Å². The molecule has 18 heavy (non-hydrogen) atoms. The fraction of sp³-hybridized carbons (Fsp3) is 0.429. The predicted molar refractivity (Wildman–Crippen MR) is 71.5 cm³/mol. The van der Waals surface area contributed by atoms with E-state index in [9.17, 15) is 0 Å². The lowest BCUT2D eigenvalue weighted by Crippen LogP contribution is -2.20. The Kier molecular flexibility index (Phi) is 3.00. The fourth-order valence-corrected chi connectivity index (χ4v) is 2.49. The minimum Gasteiger partial charge on any atom is -0.474 e. The molecule has 1 aromatic carbocycles. The van der Waals surface area contributed by atoms with Crippen LogP contribution >= 0.6 is 0 Å². The highest BCUT2D eigenvalue weighted by Crippen LogP contribution is 2.27. The average molecular weight is 243 g/mol. The van der Waals surface area contributed by atoms with Crippen LogP contribution in [-0.4, -0.2) is 16.1 Å². The summed E-state index contributed by atoms with van der Waals surface area (Å²) in [7, 11) is 0. The molecule has 2 aromatic rings. The van der Waals surface area contributed by atoms with Crippen LogP contribution < -0.4 is 10.5 Å². The monoisotopic (exact) mass is 243 g/mol. The van der Waals surface area contributed by atoms with Crippen LogP contribution in [0.1, 0.15) is 32.1 Å². The van der Waals surface area contributed by atoms with Gasteiger partial charge in [0.25, 0.3) is 0 Å². The first-order valence-electron chi connectivity index (χ1n) is 6.50. The van der Waals surface area contributed by atoms with E-state index in [1.807, 2.05) is 18.2 Å². The SMILES string of the molecule is Nc1ccc2ncnc(OC3CCCCC3)c2c1. The van der Waals surface area contributed by atoms with Gasteiger partial charge in [0.05, 0.1) is 10.9 Å². The third-order valence-corrected chi connectivity index (χ3v) is 3.45. The fourth-order valence-electron chi connectivity index (χ4n) is 2.49. The standard InChI is InChI=1S/C14H17N3O/c15-10-6-7-13-12(8-10)14(17-9-16-13)18-11-4-2-1-3-5-11/h6-9,11H,1-5,15H2. The van der Waals surface area contributed by atoms with E-state index < -0.39 is 0 Å². The van der Waals surface area contributed by atoms with E-state index in [2.05, 4.69) is 9.97 Å². The first-order chi connectivity index (χ1) is 8.83. The van der Waals surface area contributed by atoms with E-state index in [1.165, 1.54) is 19.3 Å². The molecule has 2 N–H and O–H groups in total. The summed E-state index contributed by atoms with van der Waals surface area (Å²) in [5.74, 6) is 0.666. The number of nitrogen functional groups attached to an aromatic ring is 1. The number of rotatable bonds is 2. The molecule has 0 bridgehead atoms. The van der Waals surface area contributed by atoms with Gasteiger partial charge in [-0.05, 0) is 43.9 Å². The molecule has 1 heterocycles. The zero-order chi connectivity index (χ0) is 12.4. The van der Waals surface area contributed by atoms with Crippen molar-refractivity contribution in [3.8, 4) is 5.88 Å². The molecule has 4 heteroatoms. The number of ether oxygens (including phenoxy) is 1. The van der Waals surface area contributed by atoms with Gasteiger partial charge in [0.1, 0.15) is 12.4 Å². The average Bonchev–Trinajstić information content (AvgIpc) is 2.41. The molecule has 1 fully saturated rings. The van der Waals surface area contributed by atoms with Gasteiger partial charge < -0.3 is 10.5 Å². The predicted octanol–water partition coefficient (Wildman–Crippen LogP) is 2.92. The van der Waals surface area contributed by atoms with Crippen molar-refractivity contribution in [1.82, 2.24) is 9.97 Å². The molecular weight excluding hydrogens is 226 g/mol. The number of nitrogens with two attached hydrogens (primary N) is 1. The summed E-state index contributed by atoms with van der Waals surface area (Å²) < 4.78 is 6.02. The lowest BCUT2D eigenvalue weighted by Gasteiger charge is -2.22. The molecule has 1 aliphatic carbocycles. The maximum Gasteiger partial charge on any atom is 0.224 e. The highest BCUT2D eigenvalue weighted by Gasteiger charge is 2.16. The second-order valence-corrected chi connectivity index (χ2v) is 4.83. The van der Waals surface area contributed by atoms with Gasteiger partial charge in [-0.3, -0.25) is 0 Å². The number of hydrogen-bond acceptors (Lipinski definition) is 4. The number of anilines is 1. The van der Waals surface area contributed by atoms with Gasteiger partial charge in [-0.2, -0.15) is 0 Å². The molecule has 94 valence electrons. The second kappa shape index (κ2) is 4.80. The minimum absolute atomic E-state index is 0.290. The molecule has 1 aliphatic rings. The molecule has 3 rings (SSSR count). The van der Waals surface area contributed by atoms with Gasteiger partial charge in [-0.1, -0.05) is 6.42 Å². The molecule has 1 aromatic heterocycles. The van der Waals surface area contributed by atoms with Crippen LogP contribution in [0.15, 0.2) is 24.5 Å². The minimum atomic E-state index is 0.290. The lowest BCUT2D eigenvalue weighted by molar-refractivity contribution is 0.151. The number of benzene rings is 1. The quantitative estimate of drug-likeness (QED) is 0.824. The van der Waals surface area contributed by atoms with Crippen molar-refractivity contribution in [2.75, 3.05) is 5.73 Å². The Hall–Kier alpha value is -1.84. The van der Waals surface area contributed by atoms with Gasteiger partial charge in [0.15, 0.2) is 0 Å². The molecule has 0 saturated heterocycles. The lowest BCUT2D eigenvalue weighted by atomic mass is 9.98. The van der Waals surface area contributed by atoms with Crippen LogP contribution in [0.2, 0.25) is 0 Å². The van der Waals surface area contributed by atoms with Crippen molar-refractivity contribution in [2.24, 2.45) is 0 Å². The number of fused-ring (bicyclic) bond motifs is 1. The van der Waals surface area contributed by atoms with Crippen molar-refractivity contribution in [3.63, 3.8) is 0 Å². The Morgan fingerprint density at radius 1 is 1.11 bits per heavy atom. The van der Waals surface area contributed by atoms with Crippen molar-refractivity contribution in [2.45, 2.75) is 38.2 Å². The Morgan fingerprint density at radius 3 is 2.78 bits per heavy atom. The summed E-state index contributed by atoms with van der Waals surface area (Å²) in [4.78, 5) is 8.48. The van der Waals surface area contributed by atoms with Crippen molar-refractivity contribution >= 4 is 16.6 Å². The van der Waals surface area contributed by atoms with Crippen molar-refractivity contribution < 1.29 is 4.74 Å². The summed E-state index contributed by atoms with van der Waals surface area (Å²) in [5, 5.41) is 0.906. The van der Waals surface area contributed by atoms with Crippen molar-refractivity contribution in [3.05, 3.63) is 24.5 Å². The van der Waals surface area contributed by atoms with Gasteiger partial charge in [0, 0.05) is 5.69 Å². The summed E-state index contributed by atoms with van der Waals surface area (Å²) in [6, 6.07) is 5.63. The summed E-state index contributed by atoms with van der Waals surface area (Å²) in [5.41, 5.74) is 7.41. The number of nitrogens with zero attached hydrogens (tertiary/aromatic N) is 2. The van der Waals surface area contributed by atoms with E-state index in [-0.39, 0.29) is 0 Å². The largest absolute Gasteiger partial charge is 0.474 e. The van der Waals surface area contributed by atoms with Gasteiger partial charge in [-0.25, -0.2) is 9.97 Å². The highest BCUT2D eigenvalue weighted by molar-refractivity contribution is 5.86. The van der Waals surface area contributed by atoms with Crippen LogP contribution in [-0.2, 0) is 0 Å². The van der Waals surface area contributed by atoms with Gasteiger partial charge >= 0.3 is 0 Å². The van der Waals surface area contributed by atoms with Crippen molar-refractivity contribution in [1.29, 1.82) is 0 Å². The van der Waals surface area contributed by atoms with Crippen LogP contribution in [0.5, 0.6) is 5.88 Å².